The molecule has 1 aromatic carbocycles. The molecule has 0 unspecified atom stereocenters. The molecule has 1 rings (SSSR count). The zero-order valence-electron chi connectivity index (χ0n) is 11.5. The van der Waals surface area contributed by atoms with E-state index in [1.807, 2.05) is 20.8 Å². The Morgan fingerprint density at radius 2 is 2.00 bits per heavy atom. The van der Waals surface area contributed by atoms with Crippen molar-refractivity contribution in [3.8, 4) is 0 Å². The Labute approximate surface area is 124 Å². The van der Waals surface area contributed by atoms with Crippen molar-refractivity contribution >= 4 is 27.5 Å². The second-order valence-corrected chi connectivity index (χ2v) is 6.12. The third kappa shape index (κ3) is 5.15. The molecule has 0 heterocycles. The van der Waals surface area contributed by atoms with E-state index in [0.717, 1.165) is 12.1 Å². The molecule has 1 atom stereocenters. The summed E-state index contributed by atoms with van der Waals surface area (Å²) in [6.07, 6.45) is 0. The molecule has 0 spiro atoms. The molecule has 0 aliphatic heterocycles. The van der Waals surface area contributed by atoms with Gasteiger partial charge >= 0.3 is 0 Å². The van der Waals surface area contributed by atoms with Gasteiger partial charge in [0, 0.05) is 6.07 Å². The van der Waals surface area contributed by atoms with Gasteiger partial charge in [0.25, 0.3) is 0 Å². The predicted molar refractivity (Wildman–Crippen MR) is 76.4 cm³/mol. The molecule has 1 aromatic rings. The van der Waals surface area contributed by atoms with E-state index in [2.05, 4.69) is 21.2 Å². The van der Waals surface area contributed by atoms with Crippen LogP contribution < -0.4 is 11.1 Å². The summed E-state index contributed by atoms with van der Waals surface area (Å²) in [5.74, 6) is -2.08. The Bertz CT molecular complexity index is 504. The van der Waals surface area contributed by atoms with Crippen molar-refractivity contribution in [2.24, 2.45) is 5.73 Å². The number of anilines is 1. The average Bonchev–Trinajstić information content (AvgIpc) is 2.31. The Balaban J connectivity index is 2.69. The average molecular weight is 351 g/mol. The maximum Gasteiger partial charge on any atom is 0.243 e. The molecule has 0 radical (unpaired) electrons. The summed E-state index contributed by atoms with van der Waals surface area (Å²) in [5, 5.41) is 2.23. The molecular weight excluding hydrogens is 334 g/mol. The molecule has 4 nitrogen and oxygen atoms in total. The number of benzene rings is 1. The van der Waals surface area contributed by atoms with Gasteiger partial charge in [-0.25, -0.2) is 8.78 Å². The Morgan fingerprint density at radius 1 is 1.40 bits per heavy atom. The first-order valence-corrected chi connectivity index (χ1v) is 6.74. The van der Waals surface area contributed by atoms with Crippen molar-refractivity contribution in [3.63, 3.8) is 0 Å². The van der Waals surface area contributed by atoms with Crippen molar-refractivity contribution in [1.82, 2.24) is 0 Å². The van der Waals surface area contributed by atoms with E-state index in [0.29, 0.717) is 0 Å². The molecule has 112 valence electrons. The lowest BCUT2D eigenvalue weighted by Gasteiger charge is -2.22. The van der Waals surface area contributed by atoms with Gasteiger partial charge < -0.3 is 15.8 Å². The van der Waals surface area contributed by atoms with E-state index in [1.165, 1.54) is 0 Å². The van der Waals surface area contributed by atoms with Crippen LogP contribution in [0.5, 0.6) is 0 Å². The zero-order valence-corrected chi connectivity index (χ0v) is 13.1. The van der Waals surface area contributed by atoms with Gasteiger partial charge in [-0.1, -0.05) is 0 Å². The number of rotatable bonds is 4. The highest BCUT2D eigenvalue weighted by atomic mass is 79.9. The van der Waals surface area contributed by atoms with Crippen LogP contribution in [0.15, 0.2) is 16.6 Å². The van der Waals surface area contributed by atoms with Crippen molar-refractivity contribution in [2.75, 3.05) is 11.9 Å². The predicted octanol–water partition coefficient (Wildman–Crippen LogP) is 2.81. The number of amides is 1. The molecule has 1 amide bonds. The van der Waals surface area contributed by atoms with Crippen LogP contribution in [-0.2, 0) is 9.53 Å². The maximum absolute atomic E-state index is 13.5. The van der Waals surface area contributed by atoms with Gasteiger partial charge in [-0.05, 0) is 42.8 Å². The lowest BCUT2D eigenvalue weighted by Crippen LogP contribution is -2.41. The van der Waals surface area contributed by atoms with Crippen LogP contribution in [0.25, 0.3) is 0 Å². The third-order valence-corrected chi connectivity index (χ3v) is 2.91. The highest BCUT2D eigenvalue weighted by Gasteiger charge is 2.20. The van der Waals surface area contributed by atoms with E-state index in [4.69, 9.17) is 10.5 Å². The number of halogens is 3. The summed E-state index contributed by atoms with van der Waals surface area (Å²) >= 11 is 2.85. The standard InChI is InChI=1S/C13H17BrF2N2O2/c1-13(2,3)20-6-10(17)12(19)18-11-5-8(15)7(14)4-9(11)16/h4-5,10H,6,17H2,1-3H3,(H,18,19)/t10-/m0/s1. The van der Waals surface area contributed by atoms with Crippen LogP contribution in [0, 0.1) is 11.6 Å². The van der Waals surface area contributed by atoms with Gasteiger partial charge in [0.2, 0.25) is 5.91 Å². The van der Waals surface area contributed by atoms with Gasteiger partial charge in [0.15, 0.2) is 0 Å². The topological polar surface area (TPSA) is 64.3 Å². The second kappa shape index (κ2) is 6.60. The summed E-state index contributed by atoms with van der Waals surface area (Å²) in [6.45, 7) is 5.44. The van der Waals surface area contributed by atoms with Crippen LogP contribution in [0.4, 0.5) is 14.5 Å². The summed E-state index contributed by atoms with van der Waals surface area (Å²) in [7, 11) is 0. The number of carbonyl (C=O) groups excluding carboxylic acids is 1. The van der Waals surface area contributed by atoms with E-state index in [9.17, 15) is 13.6 Å². The second-order valence-electron chi connectivity index (χ2n) is 5.27. The fourth-order valence-electron chi connectivity index (χ4n) is 1.26. The molecule has 3 N–H and O–H groups in total. The molecule has 0 saturated carbocycles. The Morgan fingerprint density at radius 3 is 2.55 bits per heavy atom. The first-order chi connectivity index (χ1) is 9.10. The summed E-state index contributed by atoms with van der Waals surface area (Å²) < 4.78 is 32.2. The quantitative estimate of drug-likeness (QED) is 0.820. The molecule has 0 aromatic heterocycles. The molecule has 0 aliphatic carbocycles. The third-order valence-electron chi connectivity index (χ3n) is 2.30. The smallest absolute Gasteiger partial charge is 0.243 e. The minimum atomic E-state index is -0.972. The number of hydrogen-bond donors (Lipinski definition) is 2. The number of hydrogen-bond acceptors (Lipinski definition) is 3. The fraction of sp³-hybridized carbons (Fsp3) is 0.462. The van der Waals surface area contributed by atoms with Crippen molar-refractivity contribution < 1.29 is 18.3 Å². The van der Waals surface area contributed by atoms with Crippen LogP contribution in [-0.4, -0.2) is 24.2 Å². The Kier molecular flexibility index (Phi) is 5.61. The van der Waals surface area contributed by atoms with Crippen LogP contribution in [0.1, 0.15) is 20.8 Å². The van der Waals surface area contributed by atoms with Crippen LogP contribution in [0.3, 0.4) is 0 Å². The minimum absolute atomic E-state index is 0.0179. The first kappa shape index (κ1) is 17.0. The molecular formula is C13H17BrF2N2O2. The van der Waals surface area contributed by atoms with Gasteiger partial charge in [0.05, 0.1) is 22.4 Å². The molecule has 0 bridgehead atoms. The number of carbonyl (C=O) groups is 1. The molecule has 20 heavy (non-hydrogen) atoms. The number of nitrogens with two attached hydrogens (primary N) is 1. The molecule has 0 fully saturated rings. The lowest BCUT2D eigenvalue weighted by atomic mass is 10.2. The molecule has 7 heteroatoms. The SMILES string of the molecule is CC(C)(C)OC[C@H](N)C(=O)Nc1cc(F)c(Br)cc1F. The van der Waals surface area contributed by atoms with Gasteiger partial charge in [-0.3, -0.25) is 4.79 Å². The Hall–Kier alpha value is -1.05. The first-order valence-electron chi connectivity index (χ1n) is 5.95. The summed E-state index contributed by atoms with van der Waals surface area (Å²) in [6, 6.07) is 0.844. The largest absolute Gasteiger partial charge is 0.374 e. The zero-order chi connectivity index (χ0) is 15.5. The fourth-order valence-corrected chi connectivity index (χ4v) is 1.57. The number of nitrogens with one attached hydrogen (secondary N) is 1. The van der Waals surface area contributed by atoms with E-state index in [-0.39, 0.29) is 16.8 Å². The monoisotopic (exact) mass is 350 g/mol. The number of ether oxygens (including phenoxy) is 1. The lowest BCUT2D eigenvalue weighted by molar-refractivity contribution is -0.120. The van der Waals surface area contributed by atoms with Gasteiger partial charge in [0.1, 0.15) is 17.7 Å². The van der Waals surface area contributed by atoms with Crippen LogP contribution >= 0.6 is 15.9 Å². The maximum atomic E-state index is 13.5. The van der Waals surface area contributed by atoms with Crippen molar-refractivity contribution in [1.29, 1.82) is 0 Å². The molecule has 0 aliphatic rings. The van der Waals surface area contributed by atoms with Gasteiger partial charge in [-0.2, -0.15) is 0 Å². The highest BCUT2D eigenvalue weighted by Crippen LogP contribution is 2.23. The van der Waals surface area contributed by atoms with E-state index < -0.39 is 29.2 Å². The highest BCUT2D eigenvalue weighted by molar-refractivity contribution is 9.10. The van der Waals surface area contributed by atoms with E-state index in [1.54, 1.807) is 0 Å². The summed E-state index contributed by atoms with van der Waals surface area (Å²) in [4.78, 5) is 11.8. The molecule has 0 saturated heterocycles. The van der Waals surface area contributed by atoms with E-state index >= 15 is 0 Å². The normalized spacial score (nSPS) is 13.2. The van der Waals surface area contributed by atoms with Crippen molar-refractivity contribution in [2.45, 2.75) is 32.4 Å². The van der Waals surface area contributed by atoms with Crippen LogP contribution in [0.2, 0.25) is 0 Å². The van der Waals surface area contributed by atoms with Gasteiger partial charge in [-0.15, -0.1) is 0 Å². The van der Waals surface area contributed by atoms with Crippen molar-refractivity contribution in [3.05, 3.63) is 28.2 Å². The minimum Gasteiger partial charge on any atom is -0.374 e. The summed E-state index contributed by atoms with van der Waals surface area (Å²) in [5.41, 5.74) is 4.93.